The normalized spacial score (nSPS) is 26.9. The molecule has 5 aromatic rings. The van der Waals surface area contributed by atoms with Gasteiger partial charge in [0.15, 0.2) is 0 Å². The second-order valence-corrected chi connectivity index (χ2v) is 35.3. The molecular weight excluding hydrogens is 1620 g/mol. The fourth-order valence-electron chi connectivity index (χ4n) is 17.8. The predicted octanol–water partition coefficient (Wildman–Crippen LogP) is 17.6. The minimum atomic E-state index is -0.832. The fraction of sp³-hybridized carbons (Fsp3) is 0.653. The van der Waals surface area contributed by atoms with Gasteiger partial charge in [-0.2, -0.15) is 6.42 Å². The number of methoxy groups -OCH3 is 3. The summed E-state index contributed by atoms with van der Waals surface area (Å²) in [6.45, 7) is 22.9. The Morgan fingerprint density at radius 3 is 0.940 bits per heavy atom. The van der Waals surface area contributed by atoms with Crippen LogP contribution in [-0.4, -0.2) is 191 Å². The smallest absolute Gasteiger partial charge is 0.508 e. The maximum Gasteiger partial charge on any atom is 1.00 e. The first-order chi connectivity index (χ1) is 52.5. The molecule has 0 aliphatic heterocycles. The summed E-state index contributed by atoms with van der Waals surface area (Å²) < 4.78 is 16.6. The number of halogens is 5. The summed E-state index contributed by atoms with van der Waals surface area (Å²) in [6, 6.07) is 37.8. The van der Waals surface area contributed by atoms with E-state index in [2.05, 4.69) is 117 Å². The number of benzene rings is 5. The molecule has 0 heterocycles. The standard InChI is InChI=1S/2C17H27NO2.2C16H25NO2.C10H19NO.C7H7BrO.C7H12O.C4H9.CH4.4ClH.Li/c2*1-13-7-5-9-15(12-18(2)3)17(13,19)14-8-6-10-16(11-14)20-4;2*1-12-6-4-8-14(11-17(2)3)16(12,19)13-7-5-9-15(18)10-13;1-8-5-4-6-9(10(8)12)7-11(2)3;1-9-7-4-2-3-6(8)5-7;1-6-4-2-3-5-7(6)8;1-3-4-2;;;;;;/h2*6,8,10-11,13,15,19H,5,7,9,12H2,1-4H3;2*5,7,9-10,12,14,18-19H,4,6,8,11H2,1-3H3;8-9H,4-7H2,1-3H3;2-5H,1H3;6H,2-5H2,1H3;1,3-4H2,2H3;1H4;4*1H;/q;;;;;;;-1;;;;;;+1. The average Bonchev–Trinajstić information content (AvgIpc) is 0.784. The van der Waals surface area contributed by atoms with E-state index in [1.54, 1.807) is 45.6 Å². The molecule has 666 valence electrons. The third-order valence-electron chi connectivity index (χ3n) is 24.2. The summed E-state index contributed by atoms with van der Waals surface area (Å²) >= 11 is 3.32. The van der Waals surface area contributed by atoms with Crippen LogP contribution in [0.25, 0.3) is 0 Å². The molecule has 6 fully saturated rings. The Hall–Kier alpha value is -3.68. The number of phenolic OH excluding ortho intramolecular Hbond substituents is 2. The molecule has 0 amide bonds. The Kier molecular flexibility index (Phi) is 59.4. The molecule has 15 atom stereocenters. The molecule has 0 spiro atoms. The van der Waals surface area contributed by atoms with Crippen LogP contribution in [0.3, 0.4) is 0 Å². The molecule has 6 aliphatic carbocycles. The summed E-state index contributed by atoms with van der Waals surface area (Å²) in [4.78, 5) is 33.2. The van der Waals surface area contributed by atoms with E-state index < -0.39 is 22.4 Å². The van der Waals surface area contributed by atoms with Crippen LogP contribution in [0.5, 0.6) is 28.7 Å². The molecule has 15 unspecified atom stereocenters. The van der Waals surface area contributed by atoms with Crippen molar-refractivity contribution in [3.63, 3.8) is 0 Å². The molecule has 0 aromatic heterocycles. The monoisotopic (exact) mass is 1770 g/mol. The third-order valence-corrected chi connectivity index (χ3v) is 24.7. The van der Waals surface area contributed by atoms with E-state index in [-0.39, 0.29) is 135 Å². The quantitative estimate of drug-likeness (QED) is 0.0357. The molecule has 0 bridgehead atoms. The fourth-order valence-corrected chi connectivity index (χ4v) is 18.2. The van der Waals surface area contributed by atoms with Crippen molar-refractivity contribution in [2.75, 3.05) is 125 Å². The van der Waals surface area contributed by atoms with Gasteiger partial charge in [0.05, 0.1) is 43.7 Å². The number of Topliss-reactive ketones (excluding diaryl/α,β-unsaturated/α-hetero) is 2. The van der Waals surface area contributed by atoms with Crippen LogP contribution < -0.4 is 33.1 Å². The van der Waals surface area contributed by atoms with Crippen LogP contribution in [0, 0.1) is 72.0 Å². The van der Waals surface area contributed by atoms with E-state index in [9.17, 15) is 40.2 Å². The van der Waals surface area contributed by atoms with Crippen molar-refractivity contribution in [1.29, 1.82) is 0 Å². The third kappa shape index (κ3) is 36.2. The minimum absolute atomic E-state index is 0. The van der Waals surface area contributed by atoms with Crippen LogP contribution in [0.4, 0.5) is 0 Å². The zero-order chi connectivity index (χ0) is 82.8. The van der Waals surface area contributed by atoms with Gasteiger partial charge in [0.2, 0.25) is 0 Å². The molecule has 0 radical (unpaired) electrons. The Morgan fingerprint density at radius 1 is 0.402 bits per heavy atom. The van der Waals surface area contributed by atoms with Crippen LogP contribution in [0.2, 0.25) is 0 Å². The van der Waals surface area contributed by atoms with Crippen LogP contribution in [0.1, 0.15) is 213 Å². The summed E-state index contributed by atoms with van der Waals surface area (Å²) in [5.41, 5.74) is 0.529. The molecule has 6 saturated carbocycles. The van der Waals surface area contributed by atoms with Crippen molar-refractivity contribution < 1.29 is 73.3 Å². The van der Waals surface area contributed by atoms with E-state index in [0.717, 1.165) is 167 Å². The predicted molar refractivity (Wildman–Crippen MR) is 497 cm³/mol. The Labute approximate surface area is 755 Å². The number of carbonyl (C=O) groups is 2. The Morgan fingerprint density at radius 2 is 0.684 bits per heavy atom. The van der Waals surface area contributed by atoms with Gasteiger partial charge in [0.25, 0.3) is 0 Å². The number of hydrogen-bond acceptors (Lipinski definition) is 16. The minimum Gasteiger partial charge on any atom is -0.508 e. The topological polar surface area (TPSA) is 199 Å². The largest absolute Gasteiger partial charge is 1.00 e. The van der Waals surface area contributed by atoms with Gasteiger partial charge in [-0.25, -0.2) is 0 Å². The molecule has 11 rings (SSSR count). The number of phenols is 2. The van der Waals surface area contributed by atoms with Gasteiger partial charge in [-0.3, -0.25) is 9.59 Å². The van der Waals surface area contributed by atoms with Crippen molar-refractivity contribution in [3.8, 4) is 28.7 Å². The zero-order valence-electron chi connectivity index (χ0n) is 75.0. The number of aromatic hydroxyl groups is 2. The van der Waals surface area contributed by atoms with E-state index in [0.29, 0.717) is 29.3 Å². The molecule has 6 N–H and O–H groups in total. The molecule has 6 aliphatic rings. The van der Waals surface area contributed by atoms with E-state index in [1.807, 2.05) is 146 Å². The Bertz CT molecular complexity index is 3310. The average molecular weight is 1780 g/mol. The first-order valence-electron chi connectivity index (χ1n) is 41.7. The maximum atomic E-state index is 11.6. The van der Waals surface area contributed by atoms with Gasteiger partial charge in [-0.1, -0.05) is 171 Å². The van der Waals surface area contributed by atoms with Gasteiger partial charge >= 0.3 is 18.9 Å². The number of unbranched alkanes of at least 4 members (excludes halogenated alkanes) is 1. The zero-order valence-corrected chi connectivity index (χ0v) is 79.8. The maximum absolute atomic E-state index is 11.6. The molecular formula is C95H159BrCl4LiN5O11. The van der Waals surface area contributed by atoms with Gasteiger partial charge < -0.3 is 76.3 Å². The van der Waals surface area contributed by atoms with Crippen molar-refractivity contribution in [2.24, 2.45) is 65.1 Å². The molecule has 117 heavy (non-hydrogen) atoms. The van der Waals surface area contributed by atoms with Gasteiger partial charge in [0.1, 0.15) is 40.3 Å². The molecule has 16 nitrogen and oxygen atoms in total. The number of ether oxygens (including phenoxy) is 3. The number of hydrogen-bond donors (Lipinski definition) is 6. The summed E-state index contributed by atoms with van der Waals surface area (Å²) in [6.07, 6.45) is 23.3. The van der Waals surface area contributed by atoms with Crippen LogP contribution in [0.15, 0.2) is 126 Å². The first-order valence-corrected chi connectivity index (χ1v) is 42.5. The number of rotatable bonds is 18. The van der Waals surface area contributed by atoms with E-state index in [1.165, 1.54) is 44.9 Å². The van der Waals surface area contributed by atoms with Crippen molar-refractivity contribution in [1.82, 2.24) is 24.5 Å². The second-order valence-electron chi connectivity index (χ2n) is 34.4. The molecule has 0 saturated heterocycles. The van der Waals surface area contributed by atoms with Crippen molar-refractivity contribution in [2.45, 2.75) is 213 Å². The summed E-state index contributed by atoms with van der Waals surface area (Å²) in [5.74, 6) is 6.85. The number of nitrogens with zero attached hydrogens (tertiary/aromatic N) is 5. The van der Waals surface area contributed by atoms with Crippen molar-refractivity contribution in [3.05, 3.63) is 155 Å². The van der Waals surface area contributed by atoms with Gasteiger partial charge in [-0.15, -0.1) is 49.6 Å². The van der Waals surface area contributed by atoms with E-state index in [4.69, 9.17) is 14.2 Å². The van der Waals surface area contributed by atoms with Gasteiger partial charge in [0, 0.05) is 85.0 Å². The second kappa shape index (κ2) is 59.2. The first kappa shape index (κ1) is 117. The van der Waals surface area contributed by atoms with Gasteiger partial charge in [-0.05, 0) is 260 Å². The number of ketones is 2. The summed E-state index contributed by atoms with van der Waals surface area (Å²) in [7, 11) is 25.5. The number of carbonyl (C=O) groups excluding carboxylic acids is 2. The van der Waals surface area contributed by atoms with Crippen LogP contribution in [-0.2, 0) is 32.0 Å². The number of aliphatic hydroxyl groups is 4. The SMILES string of the molecule is C.CC1CCCC(CN(C)C)C1(O)c1cccc(O)c1.CC1CCCC(CN(C)C)C1(O)c1cccc(O)c1.CC1CCCC(CN(C)C)C1=O.CC1CCCCC1=O.COc1cccc(Br)c1.COc1cccc(C2(O)C(C)CCCC2CN(C)C)c1.COc1cccc(C2(O)C(C)CCCC2CN(C)C)c1.Cl.Cl.Cl.Cl.[CH2-]CCC.[Li+]. The van der Waals surface area contributed by atoms with E-state index >= 15 is 0 Å². The Balaban J connectivity index is -0.00000130. The van der Waals surface area contributed by atoms with Crippen molar-refractivity contribution >= 4 is 77.1 Å². The molecule has 5 aromatic carbocycles. The molecule has 22 heteroatoms. The summed E-state index contributed by atoms with van der Waals surface area (Å²) in [5, 5.41) is 64.9. The van der Waals surface area contributed by atoms with Crippen LogP contribution >= 0.6 is 65.6 Å².